The molecule has 0 aliphatic carbocycles. The molecular formula is C11H14S. The average Bonchev–Trinajstić information content (AvgIpc) is 2.05. The van der Waals surface area contributed by atoms with Gasteiger partial charge in [-0.3, -0.25) is 0 Å². The molecule has 0 aliphatic heterocycles. The van der Waals surface area contributed by atoms with E-state index in [-0.39, 0.29) is 5.25 Å². The van der Waals surface area contributed by atoms with Crippen molar-refractivity contribution in [3.8, 4) is 0 Å². The minimum absolute atomic E-state index is 0.233. The molecular weight excluding hydrogens is 164 g/mol. The fourth-order valence-electron chi connectivity index (χ4n) is 1.06. The second-order valence-corrected chi connectivity index (χ2v) is 3.66. The van der Waals surface area contributed by atoms with Gasteiger partial charge in [-0.05, 0) is 19.4 Å². The Morgan fingerprint density at radius 2 is 1.83 bits per heavy atom. The Labute approximate surface area is 79.7 Å². The third-order valence-corrected chi connectivity index (χ3v) is 2.08. The summed E-state index contributed by atoms with van der Waals surface area (Å²) >= 11 is 4.48. The van der Waals surface area contributed by atoms with Crippen LogP contribution < -0.4 is 0 Å². The third kappa shape index (κ3) is 2.74. The number of allylic oxidation sites excluding steroid dienone is 1. The van der Waals surface area contributed by atoms with E-state index >= 15 is 0 Å². The highest BCUT2D eigenvalue weighted by Gasteiger charge is 1.99. The van der Waals surface area contributed by atoms with E-state index in [1.54, 1.807) is 0 Å². The lowest BCUT2D eigenvalue weighted by molar-refractivity contribution is 1.19. The molecule has 1 aromatic rings. The van der Waals surface area contributed by atoms with Crippen molar-refractivity contribution in [1.82, 2.24) is 0 Å². The molecule has 0 aliphatic rings. The summed E-state index contributed by atoms with van der Waals surface area (Å²) in [6, 6.07) is 10.3. The molecule has 0 spiro atoms. The van der Waals surface area contributed by atoms with Crippen LogP contribution in [0, 0.1) is 0 Å². The van der Waals surface area contributed by atoms with Crippen LogP contribution in [0.3, 0.4) is 0 Å². The zero-order chi connectivity index (χ0) is 8.97. The van der Waals surface area contributed by atoms with Crippen molar-refractivity contribution in [2.24, 2.45) is 0 Å². The van der Waals surface area contributed by atoms with Crippen LogP contribution in [0.4, 0.5) is 0 Å². The summed E-state index contributed by atoms with van der Waals surface area (Å²) in [5, 5.41) is 0.233. The minimum Gasteiger partial charge on any atom is -0.167 e. The Morgan fingerprint density at radius 1 is 1.25 bits per heavy atom. The van der Waals surface area contributed by atoms with Gasteiger partial charge in [0, 0.05) is 5.25 Å². The first-order valence-electron chi connectivity index (χ1n) is 4.08. The van der Waals surface area contributed by atoms with E-state index in [1.807, 2.05) is 18.2 Å². The van der Waals surface area contributed by atoms with Crippen LogP contribution in [0.25, 0.3) is 0 Å². The topological polar surface area (TPSA) is 0 Å². The molecule has 0 fully saturated rings. The highest BCUT2D eigenvalue weighted by molar-refractivity contribution is 7.80. The van der Waals surface area contributed by atoms with Gasteiger partial charge in [0.25, 0.3) is 0 Å². The summed E-state index contributed by atoms with van der Waals surface area (Å²) < 4.78 is 0. The van der Waals surface area contributed by atoms with Crippen molar-refractivity contribution >= 4 is 12.6 Å². The number of benzene rings is 1. The van der Waals surface area contributed by atoms with Crippen molar-refractivity contribution < 1.29 is 0 Å². The van der Waals surface area contributed by atoms with Crippen LogP contribution in [0.5, 0.6) is 0 Å². The summed E-state index contributed by atoms with van der Waals surface area (Å²) in [6.07, 6.45) is 2.15. The van der Waals surface area contributed by atoms with E-state index in [2.05, 4.69) is 44.7 Å². The zero-order valence-corrected chi connectivity index (χ0v) is 8.38. The average molecular weight is 178 g/mol. The summed E-state index contributed by atoms with van der Waals surface area (Å²) in [7, 11) is 0. The molecule has 0 bridgehead atoms. The molecule has 12 heavy (non-hydrogen) atoms. The molecule has 0 heterocycles. The number of hydrogen-bond acceptors (Lipinski definition) is 1. The maximum absolute atomic E-state index is 4.48. The molecule has 1 rings (SSSR count). The minimum atomic E-state index is 0.233. The smallest absolute Gasteiger partial charge is 0.0449 e. The summed E-state index contributed by atoms with van der Waals surface area (Å²) in [6.45, 7) is 4.18. The van der Waals surface area contributed by atoms with Crippen LogP contribution in [0.15, 0.2) is 42.0 Å². The first-order chi connectivity index (χ1) is 5.70. The van der Waals surface area contributed by atoms with Gasteiger partial charge in [0.1, 0.15) is 0 Å². The maximum Gasteiger partial charge on any atom is 0.0449 e. The molecule has 1 atom stereocenters. The van der Waals surface area contributed by atoms with Crippen molar-refractivity contribution in [3.63, 3.8) is 0 Å². The van der Waals surface area contributed by atoms with Crippen LogP contribution in [0.2, 0.25) is 0 Å². The molecule has 0 aromatic heterocycles. The molecule has 1 unspecified atom stereocenters. The van der Waals surface area contributed by atoms with E-state index in [1.165, 1.54) is 11.1 Å². The largest absolute Gasteiger partial charge is 0.167 e. The van der Waals surface area contributed by atoms with E-state index < -0.39 is 0 Å². The third-order valence-electron chi connectivity index (χ3n) is 1.63. The van der Waals surface area contributed by atoms with E-state index in [0.717, 1.165) is 0 Å². The Bertz CT molecular complexity index is 258. The van der Waals surface area contributed by atoms with Gasteiger partial charge >= 0.3 is 0 Å². The summed E-state index contributed by atoms with van der Waals surface area (Å²) in [4.78, 5) is 0. The molecule has 64 valence electrons. The van der Waals surface area contributed by atoms with Gasteiger partial charge in [-0.2, -0.15) is 12.6 Å². The molecule has 0 saturated carbocycles. The highest BCUT2D eigenvalue weighted by atomic mass is 32.1. The van der Waals surface area contributed by atoms with Crippen molar-refractivity contribution in [1.29, 1.82) is 0 Å². The second-order valence-electron chi connectivity index (χ2n) is 3.10. The standard InChI is InChI=1S/C11H14S/c1-9(2)8-11(12)10-6-4-3-5-7-10/h3-8,11-12H,1-2H3. The van der Waals surface area contributed by atoms with Crippen molar-refractivity contribution in [3.05, 3.63) is 47.5 Å². The van der Waals surface area contributed by atoms with Gasteiger partial charge < -0.3 is 0 Å². The number of hydrogen-bond donors (Lipinski definition) is 1. The Morgan fingerprint density at radius 3 is 2.33 bits per heavy atom. The molecule has 1 aromatic carbocycles. The normalized spacial score (nSPS) is 12.2. The zero-order valence-electron chi connectivity index (χ0n) is 7.49. The lowest BCUT2D eigenvalue weighted by Crippen LogP contribution is -1.85. The van der Waals surface area contributed by atoms with Crippen molar-refractivity contribution in [2.75, 3.05) is 0 Å². The van der Waals surface area contributed by atoms with E-state index in [0.29, 0.717) is 0 Å². The Kier molecular flexibility index (Phi) is 3.42. The SMILES string of the molecule is CC(C)=CC(S)c1ccccc1. The molecule has 0 amide bonds. The maximum atomic E-state index is 4.48. The number of rotatable bonds is 2. The molecule has 0 saturated heterocycles. The Balaban J connectivity index is 2.79. The highest BCUT2D eigenvalue weighted by Crippen LogP contribution is 2.21. The van der Waals surface area contributed by atoms with E-state index in [4.69, 9.17) is 0 Å². The fraction of sp³-hybridized carbons (Fsp3) is 0.273. The predicted octanol–water partition coefficient (Wildman–Crippen LogP) is 3.62. The lowest BCUT2D eigenvalue weighted by Gasteiger charge is -2.05. The molecule has 0 radical (unpaired) electrons. The van der Waals surface area contributed by atoms with Crippen LogP contribution >= 0.6 is 12.6 Å². The van der Waals surface area contributed by atoms with Crippen molar-refractivity contribution in [2.45, 2.75) is 19.1 Å². The molecule has 1 heteroatoms. The quantitative estimate of drug-likeness (QED) is 0.519. The van der Waals surface area contributed by atoms with Gasteiger partial charge in [-0.1, -0.05) is 42.0 Å². The monoisotopic (exact) mass is 178 g/mol. The van der Waals surface area contributed by atoms with Gasteiger partial charge in [-0.25, -0.2) is 0 Å². The first-order valence-corrected chi connectivity index (χ1v) is 4.60. The number of thiol groups is 1. The predicted molar refractivity (Wildman–Crippen MR) is 57.6 cm³/mol. The van der Waals surface area contributed by atoms with E-state index in [9.17, 15) is 0 Å². The van der Waals surface area contributed by atoms with Gasteiger partial charge in [0.15, 0.2) is 0 Å². The van der Waals surface area contributed by atoms with Crippen LogP contribution in [-0.4, -0.2) is 0 Å². The van der Waals surface area contributed by atoms with Crippen LogP contribution in [0.1, 0.15) is 24.7 Å². The van der Waals surface area contributed by atoms with Gasteiger partial charge in [0.2, 0.25) is 0 Å². The summed E-state index contributed by atoms with van der Waals surface area (Å²) in [5.41, 5.74) is 2.56. The van der Waals surface area contributed by atoms with Gasteiger partial charge in [0.05, 0.1) is 0 Å². The van der Waals surface area contributed by atoms with Crippen LogP contribution in [-0.2, 0) is 0 Å². The molecule has 0 N–H and O–H groups in total. The lowest BCUT2D eigenvalue weighted by atomic mass is 10.1. The molecule has 0 nitrogen and oxygen atoms in total. The van der Waals surface area contributed by atoms with Gasteiger partial charge in [-0.15, -0.1) is 0 Å². The second kappa shape index (κ2) is 4.36. The summed E-state index contributed by atoms with van der Waals surface area (Å²) in [5.74, 6) is 0. The fourth-order valence-corrected chi connectivity index (χ4v) is 1.53. The Hall–Kier alpha value is -0.690. The first kappa shape index (κ1) is 9.40.